The molecule has 144 valence electrons. The minimum atomic E-state index is -0.322. The number of aromatic nitrogens is 3. The zero-order valence-electron chi connectivity index (χ0n) is 15.6. The predicted octanol–water partition coefficient (Wildman–Crippen LogP) is 3.30. The lowest BCUT2D eigenvalue weighted by molar-refractivity contribution is 0.0962. The van der Waals surface area contributed by atoms with Gasteiger partial charge in [-0.3, -0.25) is 20.6 Å². The van der Waals surface area contributed by atoms with Gasteiger partial charge in [0, 0.05) is 23.6 Å². The molecule has 0 saturated heterocycles. The molecule has 0 bridgehead atoms. The summed E-state index contributed by atoms with van der Waals surface area (Å²) in [6, 6.07) is 11.4. The Kier molecular flexibility index (Phi) is 6.35. The van der Waals surface area contributed by atoms with E-state index in [9.17, 15) is 4.79 Å². The number of hydrogen-bond acceptors (Lipinski definition) is 7. The zero-order chi connectivity index (χ0) is 19.8. The fourth-order valence-electron chi connectivity index (χ4n) is 2.56. The third kappa shape index (κ3) is 4.94. The highest BCUT2D eigenvalue weighted by Crippen LogP contribution is 2.25. The summed E-state index contributed by atoms with van der Waals surface area (Å²) in [7, 11) is 0. The van der Waals surface area contributed by atoms with Crippen molar-refractivity contribution in [1.29, 1.82) is 0 Å². The summed E-state index contributed by atoms with van der Waals surface area (Å²) < 4.78 is 0. The molecular weight excluding hydrogens is 354 g/mol. The van der Waals surface area contributed by atoms with Gasteiger partial charge in [0.25, 0.3) is 5.91 Å². The smallest absolute Gasteiger partial charge is 0.269 e. The number of aryl methyl sites for hydroxylation is 1. The maximum absolute atomic E-state index is 12.1. The molecule has 1 aromatic carbocycles. The van der Waals surface area contributed by atoms with Gasteiger partial charge in [-0.05, 0) is 42.7 Å². The van der Waals surface area contributed by atoms with Crippen molar-refractivity contribution in [2.24, 2.45) is 0 Å². The van der Waals surface area contributed by atoms with E-state index in [2.05, 4.69) is 50.2 Å². The highest BCUT2D eigenvalue weighted by Gasteiger charge is 2.10. The van der Waals surface area contributed by atoms with E-state index in [0.717, 1.165) is 12.1 Å². The molecule has 0 radical (unpaired) electrons. The average molecular weight is 377 g/mol. The largest absolute Gasteiger partial charge is 0.393 e. The number of amides is 1. The molecular formula is C20H23N7O. The number of hydrogen-bond donors (Lipinski definition) is 4. The van der Waals surface area contributed by atoms with Crippen LogP contribution in [0.5, 0.6) is 0 Å². The van der Waals surface area contributed by atoms with E-state index in [0.29, 0.717) is 22.9 Å². The van der Waals surface area contributed by atoms with Crippen molar-refractivity contribution in [3.63, 3.8) is 0 Å². The Morgan fingerprint density at radius 1 is 1.04 bits per heavy atom. The van der Waals surface area contributed by atoms with E-state index in [4.69, 9.17) is 5.73 Å². The molecule has 0 atom stereocenters. The maximum atomic E-state index is 12.1. The molecule has 3 rings (SSSR count). The number of benzene rings is 1. The molecule has 5 N–H and O–H groups in total. The van der Waals surface area contributed by atoms with Gasteiger partial charge in [-0.25, -0.2) is 9.97 Å². The number of nitrogens with zero attached hydrogens (tertiary/aromatic N) is 3. The summed E-state index contributed by atoms with van der Waals surface area (Å²) in [5, 5.41) is 3.18. The van der Waals surface area contributed by atoms with Gasteiger partial charge in [0.15, 0.2) is 11.6 Å². The third-order valence-electron chi connectivity index (χ3n) is 4.16. The molecule has 0 saturated carbocycles. The summed E-state index contributed by atoms with van der Waals surface area (Å²) >= 11 is 0. The minimum Gasteiger partial charge on any atom is -0.393 e. The van der Waals surface area contributed by atoms with Crippen LogP contribution in [0.15, 0.2) is 55.1 Å². The number of unbranched alkanes of at least 4 members (excludes halogenated alkanes) is 1. The van der Waals surface area contributed by atoms with Crippen molar-refractivity contribution in [3.05, 3.63) is 66.2 Å². The maximum Gasteiger partial charge on any atom is 0.269 e. The molecule has 0 spiro atoms. The fourth-order valence-corrected chi connectivity index (χ4v) is 2.56. The lowest BCUT2D eigenvalue weighted by atomic mass is 10.1. The molecule has 3 aromatic rings. The highest BCUT2D eigenvalue weighted by atomic mass is 16.2. The number of nitrogens with one attached hydrogen (secondary N) is 3. The molecule has 0 fully saturated rings. The molecule has 28 heavy (non-hydrogen) atoms. The van der Waals surface area contributed by atoms with Crippen molar-refractivity contribution < 1.29 is 4.79 Å². The number of hydrazine groups is 1. The van der Waals surface area contributed by atoms with Crippen molar-refractivity contribution in [2.45, 2.75) is 26.2 Å². The van der Waals surface area contributed by atoms with Gasteiger partial charge in [-0.2, -0.15) is 0 Å². The van der Waals surface area contributed by atoms with Gasteiger partial charge in [0.2, 0.25) is 0 Å². The van der Waals surface area contributed by atoms with E-state index in [-0.39, 0.29) is 5.91 Å². The molecule has 8 heteroatoms. The van der Waals surface area contributed by atoms with Crippen LogP contribution in [0.4, 0.5) is 23.0 Å². The van der Waals surface area contributed by atoms with Crippen molar-refractivity contribution in [2.75, 3.05) is 16.5 Å². The Bertz CT molecular complexity index is 914. The molecule has 0 aliphatic carbocycles. The van der Waals surface area contributed by atoms with Crippen molar-refractivity contribution in [3.8, 4) is 0 Å². The number of pyridine rings is 1. The summed E-state index contributed by atoms with van der Waals surface area (Å²) in [6.45, 7) is 2.18. The van der Waals surface area contributed by atoms with Crippen LogP contribution in [-0.2, 0) is 6.42 Å². The Morgan fingerprint density at radius 3 is 2.46 bits per heavy atom. The quantitative estimate of drug-likeness (QED) is 0.445. The predicted molar refractivity (Wildman–Crippen MR) is 110 cm³/mol. The number of rotatable bonds is 8. The Hall–Kier alpha value is -3.68. The van der Waals surface area contributed by atoms with E-state index in [1.165, 1.54) is 24.7 Å². The first kappa shape index (κ1) is 19.1. The van der Waals surface area contributed by atoms with Gasteiger partial charge >= 0.3 is 0 Å². The second-order valence-corrected chi connectivity index (χ2v) is 6.23. The van der Waals surface area contributed by atoms with Crippen LogP contribution in [0, 0.1) is 0 Å². The van der Waals surface area contributed by atoms with Crippen LogP contribution in [-0.4, -0.2) is 20.9 Å². The summed E-state index contributed by atoms with van der Waals surface area (Å²) in [4.78, 5) is 24.3. The second-order valence-electron chi connectivity index (χ2n) is 6.23. The molecule has 2 aromatic heterocycles. The number of nitrogen functional groups attached to an aromatic ring is 1. The van der Waals surface area contributed by atoms with Gasteiger partial charge in [-0.1, -0.05) is 25.5 Å². The van der Waals surface area contributed by atoms with Gasteiger partial charge in [0.05, 0.1) is 0 Å². The lowest BCUT2D eigenvalue weighted by Gasteiger charge is -2.13. The van der Waals surface area contributed by atoms with Crippen LogP contribution >= 0.6 is 0 Å². The minimum absolute atomic E-state index is 0.299. The number of anilines is 4. The van der Waals surface area contributed by atoms with Crippen LogP contribution in [0.3, 0.4) is 0 Å². The molecule has 2 heterocycles. The topological polar surface area (TPSA) is 118 Å². The molecule has 0 aliphatic rings. The second kappa shape index (κ2) is 9.31. The standard InChI is InChI=1S/C20H23N7O/c1-2-3-4-14-5-7-16(8-6-14)25-18-17(21)19(24-13-23-18)26-27-20(28)15-9-11-22-12-10-15/h5-13H,2-4,21H2,1H3,(H,27,28)(H2,23,24,25,26). The van der Waals surface area contributed by atoms with Crippen molar-refractivity contribution >= 4 is 28.9 Å². The van der Waals surface area contributed by atoms with Gasteiger partial charge in [-0.15, -0.1) is 0 Å². The summed E-state index contributed by atoms with van der Waals surface area (Å²) in [6.07, 6.45) is 7.87. The Morgan fingerprint density at radius 2 is 1.75 bits per heavy atom. The third-order valence-corrected chi connectivity index (χ3v) is 4.16. The fraction of sp³-hybridized carbons (Fsp3) is 0.200. The first-order valence-electron chi connectivity index (χ1n) is 9.10. The Balaban J connectivity index is 1.65. The normalized spacial score (nSPS) is 10.3. The summed E-state index contributed by atoms with van der Waals surface area (Å²) in [5.41, 5.74) is 14.4. The van der Waals surface area contributed by atoms with E-state index in [1.54, 1.807) is 24.5 Å². The van der Waals surface area contributed by atoms with Crippen LogP contribution in [0.1, 0.15) is 35.7 Å². The van der Waals surface area contributed by atoms with Crippen molar-refractivity contribution in [1.82, 2.24) is 20.4 Å². The number of carbonyl (C=O) groups is 1. The first-order valence-corrected chi connectivity index (χ1v) is 9.10. The van der Waals surface area contributed by atoms with Crippen LogP contribution < -0.4 is 21.9 Å². The van der Waals surface area contributed by atoms with Crippen LogP contribution in [0.25, 0.3) is 0 Å². The van der Waals surface area contributed by atoms with E-state index >= 15 is 0 Å². The highest BCUT2D eigenvalue weighted by molar-refractivity contribution is 5.95. The zero-order valence-corrected chi connectivity index (χ0v) is 15.6. The van der Waals surface area contributed by atoms with Gasteiger partial charge < -0.3 is 11.1 Å². The van der Waals surface area contributed by atoms with E-state index < -0.39 is 0 Å². The monoisotopic (exact) mass is 377 g/mol. The first-order chi connectivity index (χ1) is 13.7. The van der Waals surface area contributed by atoms with Gasteiger partial charge in [0.1, 0.15) is 12.0 Å². The molecule has 0 aliphatic heterocycles. The lowest BCUT2D eigenvalue weighted by Crippen LogP contribution is -2.30. The Labute approximate surface area is 163 Å². The molecule has 8 nitrogen and oxygen atoms in total. The average Bonchev–Trinajstić information content (AvgIpc) is 2.74. The molecule has 0 unspecified atom stereocenters. The number of carbonyl (C=O) groups excluding carboxylic acids is 1. The number of nitrogens with two attached hydrogens (primary N) is 1. The van der Waals surface area contributed by atoms with Crippen LogP contribution in [0.2, 0.25) is 0 Å². The summed E-state index contributed by atoms with van der Waals surface area (Å²) in [5.74, 6) is 0.439. The van der Waals surface area contributed by atoms with E-state index in [1.807, 2.05) is 12.1 Å². The SMILES string of the molecule is CCCCc1ccc(Nc2ncnc(NNC(=O)c3ccncc3)c2N)cc1. The molecule has 1 amide bonds.